The van der Waals surface area contributed by atoms with Gasteiger partial charge in [0.25, 0.3) is 0 Å². The molecule has 0 aliphatic rings. The Morgan fingerprint density at radius 2 is 2.05 bits per heavy atom. The molecule has 2 aromatic rings. The van der Waals surface area contributed by atoms with Gasteiger partial charge in [-0.3, -0.25) is 5.10 Å². The van der Waals surface area contributed by atoms with Crippen LogP contribution in [-0.4, -0.2) is 31.9 Å². The fraction of sp³-hybridized carbons (Fsp3) is 0.385. The van der Waals surface area contributed by atoms with Crippen molar-refractivity contribution in [1.82, 2.24) is 20.5 Å². The summed E-state index contributed by atoms with van der Waals surface area (Å²) in [7, 11) is 0. The first-order chi connectivity index (χ1) is 9.18. The number of phenols is 2. The van der Waals surface area contributed by atoms with Gasteiger partial charge >= 0.3 is 0 Å². The number of hydrogen-bond donors (Lipinski definition) is 4. The van der Waals surface area contributed by atoms with Gasteiger partial charge in [-0.1, -0.05) is 6.07 Å². The van der Waals surface area contributed by atoms with Crippen LogP contribution in [0.5, 0.6) is 11.5 Å². The number of aromatic amines is 1. The normalized spacial score (nSPS) is 12.5. The molecular weight excluding hydrogens is 244 g/mol. The molecule has 0 aliphatic carbocycles. The molecule has 102 valence electrons. The van der Waals surface area contributed by atoms with Gasteiger partial charge < -0.3 is 15.5 Å². The van der Waals surface area contributed by atoms with Crippen LogP contribution in [0.4, 0.5) is 0 Å². The Morgan fingerprint density at radius 3 is 2.68 bits per heavy atom. The molecule has 0 saturated carbocycles. The number of aromatic nitrogens is 3. The van der Waals surface area contributed by atoms with Gasteiger partial charge in [0, 0.05) is 12.5 Å². The number of nitrogens with one attached hydrogen (secondary N) is 2. The third-order valence-corrected chi connectivity index (χ3v) is 3.00. The number of aromatic hydroxyl groups is 2. The Bertz CT molecular complexity index is 493. The number of phenolic OH excluding ortho intramolecular Hbond substituents is 2. The third-order valence-electron chi connectivity index (χ3n) is 3.00. The van der Waals surface area contributed by atoms with Gasteiger partial charge in [-0.25, -0.2) is 4.98 Å². The monoisotopic (exact) mass is 262 g/mol. The summed E-state index contributed by atoms with van der Waals surface area (Å²) in [5.74, 6) is 1.07. The lowest BCUT2D eigenvalue weighted by Gasteiger charge is -2.16. The average molecular weight is 262 g/mol. The van der Waals surface area contributed by atoms with Crippen LogP contribution < -0.4 is 5.32 Å². The van der Waals surface area contributed by atoms with E-state index in [-0.39, 0.29) is 17.5 Å². The van der Waals surface area contributed by atoms with Crippen LogP contribution >= 0.6 is 0 Å². The second-order valence-electron chi connectivity index (χ2n) is 4.42. The van der Waals surface area contributed by atoms with Gasteiger partial charge in [-0.2, -0.15) is 5.10 Å². The van der Waals surface area contributed by atoms with E-state index in [1.165, 1.54) is 6.33 Å². The molecule has 1 atom stereocenters. The lowest BCUT2D eigenvalue weighted by atomic mass is 10.1. The largest absolute Gasteiger partial charge is 0.507 e. The Kier molecular flexibility index (Phi) is 4.35. The van der Waals surface area contributed by atoms with Crippen molar-refractivity contribution < 1.29 is 10.2 Å². The highest BCUT2D eigenvalue weighted by molar-refractivity contribution is 5.44. The zero-order valence-corrected chi connectivity index (χ0v) is 10.8. The summed E-state index contributed by atoms with van der Waals surface area (Å²) in [4.78, 5) is 4.04. The predicted octanol–water partition coefficient (Wildman–Crippen LogP) is 1.50. The molecule has 0 aliphatic heterocycles. The lowest BCUT2D eigenvalue weighted by molar-refractivity contribution is 0.418. The van der Waals surface area contributed by atoms with Crippen molar-refractivity contribution in [2.45, 2.75) is 25.8 Å². The molecular formula is C13H18N4O2. The highest BCUT2D eigenvalue weighted by Crippen LogP contribution is 2.31. The van der Waals surface area contributed by atoms with Crippen LogP contribution in [0.15, 0.2) is 24.5 Å². The zero-order chi connectivity index (χ0) is 13.7. The quantitative estimate of drug-likeness (QED) is 0.592. The minimum Gasteiger partial charge on any atom is -0.507 e. The SMILES string of the molecule is CC(NCCCc1ncn[nH]1)c1c(O)cccc1O. The molecule has 6 heteroatoms. The van der Waals surface area contributed by atoms with Crippen LogP contribution in [0, 0.1) is 0 Å². The number of aryl methyl sites for hydroxylation is 1. The molecule has 1 aromatic carbocycles. The molecule has 0 amide bonds. The van der Waals surface area contributed by atoms with E-state index in [1.807, 2.05) is 6.92 Å². The topological polar surface area (TPSA) is 94.1 Å². The molecule has 1 unspecified atom stereocenters. The molecule has 0 bridgehead atoms. The molecule has 0 radical (unpaired) electrons. The first-order valence-corrected chi connectivity index (χ1v) is 6.27. The molecule has 1 aromatic heterocycles. The van der Waals surface area contributed by atoms with Gasteiger partial charge in [0.05, 0.1) is 5.56 Å². The molecule has 2 rings (SSSR count). The van der Waals surface area contributed by atoms with Gasteiger partial charge in [-0.05, 0) is 32.0 Å². The second kappa shape index (κ2) is 6.19. The number of benzene rings is 1. The summed E-state index contributed by atoms with van der Waals surface area (Å²) in [6, 6.07) is 4.64. The average Bonchev–Trinajstić information content (AvgIpc) is 2.87. The fourth-order valence-electron chi connectivity index (χ4n) is 2.01. The minimum absolute atomic E-state index is 0.107. The maximum absolute atomic E-state index is 9.75. The smallest absolute Gasteiger partial charge is 0.137 e. The summed E-state index contributed by atoms with van der Waals surface area (Å²) in [5.41, 5.74) is 0.530. The minimum atomic E-state index is -0.115. The summed E-state index contributed by atoms with van der Waals surface area (Å²) in [6.07, 6.45) is 3.20. The van der Waals surface area contributed by atoms with Gasteiger partial charge in [0.15, 0.2) is 0 Å². The van der Waals surface area contributed by atoms with Crippen molar-refractivity contribution in [3.63, 3.8) is 0 Å². The van der Waals surface area contributed by atoms with Crippen LogP contribution in [0.3, 0.4) is 0 Å². The molecule has 1 heterocycles. The van der Waals surface area contributed by atoms with Crippen LogP contribution in [-0.2, 0) is 6.42 Å². The number of nitrogens with zero attached hydrogens (tertiary/aromatic N) is 2. The Morgan fingerprint density at radius 1 is 1.32 bits per heavy atom. The van der Waals surface area contributed by atoms with E-state index >= 15 is 0 Å². The van der Waals surface area contributed by atoms with E-state index in [4.69, 9.17) is 0 Å². The fourth-order valence-corrected chi connectivity index (χ4v) is 2.01. The molecule has 0 spiro atoms. The lowest BCUT2D eigenvalue weighted by Crippen LogP contribution is -2.20. The summed E-state index contributed by atoms with van der Waals surface area (Å²) < 4.78 is 0. The van der Waals surface area contributed by atoms with Gasteiger partial charge in [0.1, 0.15) is 23.7 Å². The van der Waals surface area contributed by atoms with Crippen molar-refractivity contribution in [3.05, 3.63) is 35.9 Å². The summed E-state index contributed by atoms with van der Waals surface area (Å²) >= 11 is 0. The van der Waals surface area contributed by atoms with Crippen molar-refractivity contribution >= 4 is 0 Å². The van der Waals surface area contributed by atoms with E-state index in [0.29, 0.717) is 5.56 Å². The molecule has 0 saturated heterocycles. The van der Waals surface area contributed by atoms with Crippen molar-refractivity contribution in [1.29, 1.82) is 0 Å². The van der Waals surface area contributed by atoms with Crippen molar-refractivity contribution in [2.75, 3.05) is 6.54 Å². The maximum atomic E-state index is 9.75. The van der Waals surface area contributed by atoms with Gasteiger partial charge in [0.2, 0.25) is 0 Å². The Balaban J connectivity index is 1.82. The highest BCUT2D eigenvalue weighted by Gasteiger charge is 2.13. The molecule has 6 nitrogen and oxygen atoms in total. The van der Waals surface area contributed by atoms with Crippen LogP contribution in [0.25, 0.3) is 0 Å². The summed E-state index contributed by atoms with van der Waals surface area (Å²) in [5, 5.41) is 29.3. The van der Waals surface area contributed by atoms with Crippen molar-refractivity contribution in [3.8, 4) is 11.5 Å². The highest BCUT2D eigenvalue weighted by atomic mass is 16.3. The van der Waals surface area contributed by atoms with E-state index in [2.05, 4.69) is 20.5 Å². The van der Waals surface area contributed by atoms with E-state index in [1.54, 1.807) is 18.2 Å². The predicted molar refractivity (Wildman–Crippen MR) is 70.9 cm³/mol. The first kappa shape index (κ1) is 13.4. The maximum Gasteiger partial charge on any atom is 0.137 e. The number of rotatable bonds is 6. The molecule has 19 heavy (non-hydrogen) atoms. The van der Waals surface area contributed by atoms with E-state index in [0.717, 1.165) is 25.2 Å². The van der Waals surface area contributed by atoms with E-state index in [9.17, 15) is 10.2 Å². The molecule has 0 fully saturated rings. The van der Waals surface area contributed by atoms with Crippen LogP contribution in [0.2, 0.25) is 0 Å². The second-order valence-corrected chi connectivity index (χ2v) is 4.42. The number of hydrogen-bond acceptors (Lipinski definition) is 5. The third kappa shape index (κ3) is 3.45. The van der Waals surface area contributed by atoms with E-state index < -0.39 is 0 Å². The first-order valence-electron chi connectivity index (χ1n) is 6.27. The van der Waals surface area contributed by atoms with Crippen LogP contribution in [0.1, 0.15) is 30.8 Å². The summed E-state index contributed by atoms with van der Waals surface area (Å²) in [6.45, 7) is 2.67. The zero-order valence-electron chi connectivity index (χ0n) is 10.8. The molecule has 4 N–H and O–H groups in total. The Hall–Kier alpha value is -2.08. The number of H-pyrrole nitrogens is 1. The van der Waals surface area contributed by atoms with Crippen molar-refractivity contribution in [2.24, 2.45) is 0 Å². The Labute approximate surface area is 111 Å². The van der Waals surface area contributed by atoms with Gasteiger partial charge in [-0.15, -0.1) is 0 Å². The standard InChI is InChI=1S/C13H18N4O2/c1-9(13-10(18)4-2-5-11(13)19)14-7-3-6-12-15-8-16-17-12/h2,4-5,8-9,14,18-19H,3,6-7H2,1H3,(H,15,16,17).